The minimum absolute atomic E-state index is 0.114. The first-order valence-electron chi connectivity index (χ1n) is 8.36. The summed E-state index contributed by atoms with van der Waals surface area (Å²) in [5.41, 5.74) is 2.88. The number of aryl methyl sites for hydroxylation is 1. The Labute approximate surface area is 175 Å². The van der Waals surface area contributed by atoms with Crippen LogP contribution >= 0.6 is 39.3 Å². The van der Waals surface area contributed by atoms with Gasteiger partial charge in [0.1, 0.15) is 0 Å². The number of halogens is 2. The highest BCUT2D eigenvalue weighted by atomic mass is 79.9. The fraction of sp³-hybridized carbons (Fsp3) is 0.211. The van der Waals surface area contributed by atoms with E-state index in [1.54, 1.807) is 18.2 Å². The molecule has 3 aromatic rings. The molecule has 0 saturated heterocycles. The number of aromatic nitrogens is 3. The number of rotatable bonds is 6. The molecule has 5 nitrogen and oxygen atoms in total. The SMILES string of the molecule is CCn1c(SCC(=O)Nc2ccc(Cl)c(Br)c2)nnc1-c1ccccc1C. The van der Waals surface area contributed by atoms with Gasteiger partial charge in [0, 0.05) is 22.3 Å². The van der Waals surface area contributed by atoms with Crippen molar-refractivity contribution in [3.05, 3.63) is 57.5 Å². The first kappa shape index (κ1) is 19.9. The van der Waals surface area contributed by atoms with Crippen LogP contribution in [0.1, 0.15) is 12.5 Å². The molecule has 0 aliphatic heterocycles. The van der Waals surface area contributed by atoms with Crippen LogP contribution in [-0.4, -0.2) is 26.4 Å². The molecule has 1 N–H and O–H groups in total. The van der Waals surface area contributed by atoms with Gasteiger partial charge in [0.05, 0.1) is 10.8 Å². The number of nitrogens with zero attached hydrogens (tertiary/aromatic N) is 3. The summed E-state index contributed by atoms with van der Waals surface area (Å²) in [5.74, 6) is 0.948. The first-order valence-corrected chi connectivity index (χ1v) is 10.5. The van der Waals surface area contributed by atoms with Crippen molar-refractivity contribution in [3.8, 4) is 11.4 Å². The van der Waals surface area contributed by atoms with E-state index in [0.717, 1.165) is 33.1 Å². The lowest BCUT2D eigenvalue weighted by Gasteiger charge is -2.09. The molecule has 8 heteroatoms. The minimum atomic E-state index is -0.114. The summed E-state index contributed by atoms with van der Waals surface area (Å²) in [4.78, 5) is 12.3. The molecule has 1 aromatic heterocycles. The lowest BCUT2D eigenvalue weighted by atomic mass is 10.1. The molecule has 0 fully saturated rings. The number of benzene rings is 2. The molecule has 140 valence electrons. The quantitative estimate of drug-likeness (QED) is 0.494. The lowest BCUT2D eigenvalue weighted by molar-refractivity contribution is -0.113. The molecule has 0 atom stereocenters. The third kappa shape index (κ3) is 4.72. The van der Waals surface area contributed by atoms with E-state index in [-0.39, 0.29) is 11.7 Å². The molecule has 2 aromatic carbocycles. The van der Waals surface area contributed by atoms with Crippen molar-refractivity contribution >= 4 is 50.9 Å². The van der Waals surface area contributed by atoms with Gasteiger partial charge >= 0.3 is 0 Å². The minimum Gasteiger partial charge on any atom is -0.325 e. The van der Waals surface area contributed by atoms with Crippen molar-refractivity contribution in [2.45, 2.75) is 25.5 Å². The predicted molar refractivity (Wildman–Crippen MR) is 114 cm³/mol. The summed E-state index contributed by atoms with van der Waals surface area (Å²) in [6.07, 6.45) is 0. The van der Waals surface area contributed by atoms with Crippen LogP contribution in [0.15, 0.2) is 52.1 Å². The number of nitrogens with one attached hydrogen (secondary N) is 1. The Bertz CT molecular complexity index is 976. The summed E-state index contributed by atoms with van der Waals surface area (Å²) in [6, 6.07) is 13.3. The fourth-order valence-electron chi connectivity index (χ4n) is 2.60. The Kier molecular flexibility index (Phi) is 6.57. The maximum atomic E-state index is 12.3. The summed E-state index contributed by atoms with van der Waals surface area (Å²) < 4.78 is 2.77. The van der Waals surface area contributed by atoms with Gasteiger partial charge in [-0.25, -0.2) is 0 Å². The summed E-state index contributed by atoms with van der Waals surface area (Å²) in [6.45, 7) is 4.82. The molecule has 1 amide bonds. The molecular weight excluding hydrogens is 448 g/mol. The number of carbonyl (C=O) groups is 1. The van der Waals surface area contributed by atoms with Crippen molar-refractivity contribution in [1.29, 1.82) is 0 Å². The fourth-order valence-corrected chi connectivity index (χ4v) is 3.90. The van der Waals surface area contributed by atoms with E-state index >= 15 is 0 Å². The van der Waals surface area contributed by atoms with E-state index < -0.39 is 0 Å². The molecule has 1 heterocycles. The van der Waals surface area contributed by atoms with Gasteiger partial charge in [-0.1, -0.05) is 47.6 Å². The van der Waals surface area contributed by atoms with Gasteiger partial charge in [0.2, 0.25) is 5.91 Å². The van der Waals surface area contributed by atoms with E-state index in [0.29, 0.717) is 10.7 Å². The number of anilines is 1. The smallest absolute Gasteiger partial charge is 0.234 e. The zero-order valence-electron chi connectivity index (χ0n) is 14.9. The third-order valence-corrected chi connectivity index (χ3v) is 6.14. The standard InChI is InChI=1S/C19H18BrClN4OS/c1-3-25-18(14-7-5-4-6-12(14)2)23-24-19(25)27-11-17(26)22-13-8-9-16(21)15(20)10-13/h4-10H,3,11H2,1-2H3,(H,22,26). The second kappa shape index (κ2) is 8.91. The topological polar surface area (TPSA) is 59.8 Å². The highest BCUT2D eigenvalue weighted by molar-refractivity contribution is 9.10. The van der Waals surface area contributed by atoms with E-state index in [2.05, 4.69) is 44.4 Å². The maximum Gasteiger partial charge on any atom is 0.234 e. The zero-order chi connectivity index (χ0) is 19.4. The number of carbonyl (C=O) groups excluding carboxylic acids is 1. The first-order chi connectivity index (χ1) is 13.0. The molecule has 27 heavy (non-hydrogen) atoms. The Hall–Kier alpha value is -1.83. The molecular formula is C19H18BrClN4OS. The second-order valence-corrected chi connectivity index (χ2v) is 8.04. The number of hydrogen-bond donors (Lipinski definition) is 1. The van der Waals surface area contributed by atoms with Crippen LogP contribution in [0.25, 0.3) is 11.4 Å². The monoisotopic (exact) mass is 464 g/mol. The van der Waals surface area contributed by atoms with E-state index in [1.165, 1.54) is 11.8 Å². The van der Waals surface area contributed by atoms with Crippen molar-refractivity contribution in [1.82, 2.24) is 14.8 Å². The number of hydrogen-bond acceptors (Lipinski definition) is 4. The molecule has 0 saturated carbocycles. The predicted octanol–water partition coefficient (Wildman–Crippen LogP) is 5.42. The average molecular weight is 466 g/mol. The molecule has 0 aliphatic rings. The van der Waals surface area contributed by atoms with Gasteiger partial charge in [0.25, 0.3) is 0 Å². The molecule has 0 aliphatic carbocycles. The van der Waals surface area contributed by atoms with Crippen LogP contribution < -0.4 is 5.32 Å². The molecule has 3 rings (SSSR count). The van der Waals surface area contributed by atoms with Crippen LogP contribution in [0, 0.1) is 6.92 Å². The van der Waals surface area contributed by atoms with Crippen molar-refractivity contribution in [2.24, 2.45) is 0 Å². The molecule has 0 radical (unpaired) electrons. The van der Waals surface area contributed by atoms with Crippen LogP contribution in [0.4, 0.5) is 5.69 Å². The van der Waals surface area contributed by atoms with Gasteiger partial charge in [-0.3, -0.25) is 4.79 Å². The zero-order valence-corrected chi connectivity index (χ0v) is 18.0. The third-order valence-electron chi connectivity index (χ3n) is 3.95. The van der Waals surface area contributed by atoms with Gasteiger partial charge in [-0.15, -0.1) is 10.2 Å². The molecule has 0 unspecified atom stereocenters. The molecule has 0 spiro atoms. The normalized spacial score (nSPS) is 10.8. The van der Waals surface area contributed by atoms with E-state index in [9.17, 15) is 4.79 Å². The van der Waals surface area contributed by atoms with Gasteiger partial charge < -0.3 is 9.88 Å². The molecule has 0 bridgehead atoms. The van der Waals surface area contributed by atoms with E-state index in [1.807, 2.05) is 29.7 Å². The van der Waals surface area contributed by atoms with Crippen LogP contribution in [0.2, 0.25) is 5.02 Å². The van der Waals surface area contributed by atoms with Crippen molar-refractivity contribution in [3.63, 3.8) is 0 Å². The Balaban J connectivity index is 1.70. The van der Waals surface area contributed by atoms with Crippen molar-refractivity contribution < 1.29 is 4.79 Å². The van der Waals surface area contributed by atoms with Gasteiger partial charge in [-0.05, 0) is 53.5 Å². The van der Waals surface area contributed by atoms with Gasteiger partial charge in [-0.2, -0.15) is 0 Å². The summed E-state index contributed by atoms with van der Waals surface area (Å²) in [5, 5.41) is 12.8. The van der Waals surface area contributed by atoms with E-state index in [4.69, 9.17) is 11.6 Å². The van der Waals surface area contributed by atoms with Crippen LogP contribution in [0.5, 0.6) is 0 Å². The average Bonchev–Trinajstić information content (AvgIpc) is 3.06. The number of amides is 1. The number of thioether (sulfide) groups is 1. The van der Waals surface area contributed by atoms with Crippen LogP contribution in [-0.2, 0) is 11.3 Å². The largest absolute Gasteiger partial charge is 0.325 e. The highest BCUT2D eigenvalue weighted by Gasteiger charge is 2.16. The summed E-state index contributed by atoms with van der Waals surface area (Å²) in [7, 11) is 0. The maximum absolute atomic E-state index is 12.3. The van der Waals surface area contributed by atoms with Crippen LogP contribution in [0.3, 0.4) is 0 Å². The lowest BCUT2D eigenvalue weighted by Crippen LogP contribution is -2.14. The van der Waals surface area contributed by atoms with Crippen molar-refractivity contribution in [2.75, 3.05) is 11.1 Å². The Morgan fingerprint density at radius 1 is 1.26 bits per heavy atom. The highest BCUT2D eigenvalue weighted by Crippen LogP contribution is 2.27. The van der Waals surface area contributed by atoms with Gasteiger partial charge in [0.15, 0.2) is 11.0 Å². The summed E-state index contributed by atoms with van der Waals surface area (Å²) >= 11 is 10.7. The Morgan fingerprint density at radius 3 is 2.74 bits per heavy atom. The Morgan fingerprint density at radius 2 is 2.04 bits per heavy atom. The second-order valence-electron chi connectivity index (χ2n) is 5.83.